The van der Waals surface area contributed by atoms with Crippen molar-refractivity contribution in [3.8, 4) is 6.07 Å². The number of hydrogen-bond donors (Lipinski definition) is 0. The molecular formula is C14H19NO. The van der Waals surface area contributed by atoms with Crippen molar-refractivity contribution in [1.82, 2.24) is 0 Å². The summed E-state index contributed by atoms with van der Waals surface area (Å²) in [6.07, 6.45) is 8.60. The number of allylic oxidation sites excluding steroid dienone is 1. The Morgan fingerprint density at radius 2 is 1.69 bits per heavy atom. The number of nitrogens with zero attached hydrogens (tertiary/aromatic N) is 1. The molecule has 86 valence electrons. The molecular weight excluding hydrogens is 198 g/mol. The summed E-state index contributed by atoms with van der Waals surface area (Å²) < 4.78 is 5.07. The molecule has 0 saturated heterocycles. The van der Waals surface area contributed by atoms with Crippen LogP contribution in [-0.2, 0) is 4.74 Å². The fourth-order valence-corrected chi connectivity index (χ4v) is 4.74. The molecule has 4 rings (SSSR count). The summed E-state index contributed by atoms with van der Waals surface area (Å²) in [5.74, 6) is 4.01. The summed E-state index contributed by atoms with van der Waals surface area (Å²) in [5.41, 5.74) is 0.899. The van der Waals surface area contributed by atoms with E-state index in [1.165, 1.54) is 32.1 Å². The van der Waals surface area contributed by atoms with Gasteiger partial charge >= 0.3 is 0 Å². The first kappa shape index (κ1) is 10.2. The van der Waals surface area contributed by atoms with E-state index in [0.717, 1.165) is 29.2 Å². The van der Waals surface area contributed by atoms with Gasteiger partial charge in [0, 0.05) is 5.92 Å². The average molecular weight is 217 g/mol. The Bertz CT molecular complexity index is 324. The van der Waals surface area contributed by atoms with Crippen LogP contribution in [0.3, 0.4) is 0 Å². The maximum absolute atomic E-state index is 9.24. The minimum absolute atomic E-state index is 0.512. The highest BCUT2D eigenvalue weighted by molar-refractivity contribution is 5.26. The van der Waals surface area contributed by atoms with Crippen LogP contribution >= 0.6 is 0 Å². The molecule has 16 heavy (non-hydrogen) atoms. The van der Waals surface area contributed by atoms with Gasteiger partial charge in [-0.3, -0.25) is 0 Å². The topological polar surface area (TPSA) is 33.0 Å². The molecule has 4 aliphatic carbocycles. The third-order valence-corrected chi connectivity index (χ3v) is 4.96. The SMILES string of the molecule is CO/C=C(\C#N)C1C2CC3CC(C2)CC1C3. The van der Waals surface area contributed by atoms with Crippen molar-refractivity contribution in [1.29, 1.82) is 5.26 Å². The second-order valence-corrected chi connectivity index (χ2v) is 5.88. The van der Waals surface area contributed by atoms with Crippen LogP contribution in [0, 0.1) is 40.9 Å². The molecule has 2 nitrogen and oxygen atoms in total. The Kier molecular flexibility index (Phi) is 2.42. The van der Waals surface area contributed by atoms with Crippen LogP contribution in [0.1, 0.15) is 32.1 Å². The second kappa shape index (κ2) is 3.80. The van der Waals surface area contributed by atoms with Gasteiger partial charge in [0.2, 0.25) is 0 Å². The Hall–Kier alpha value is -0.970. The van der Waals surface area contributed by atoms with Gasteiger partial charge in [-0.05, 0) is 55.8 Å². The Balaban J connectivity index is 1.86. The van der Waals surface area contributed by atoms with E-state index in [0.29, 0.717) is 5.92 Å². The molecule has 0 aliphatic heterocycles. The van der Waals surface area contributed by atoms with Gasteiger partial charge in [-0.2, -0.15) is 5.26 Å². The van der Waals surface area contributed by atoms with Gasteiger partial charge in [0.15, 0.2) is 0 Å². The molecule has 0 aromatic rings. The van der Waals surface area contributed by atoms with Gasteiger partial charge in [0.1, 0.15) is 0 Å². The molecule has 0 N–H and O–H groups in total. The number of methoxy groups -OCH3 is 1. The van der Waals surface area contributed by atoms with E-state index in [4.69, 9.17) is 4.74 Å². The van der Waals surface area contributed by atoms with Crippen molar-refractivity contribution in [3.05, 3.63) is 11.8 Å². The minimum atomic E-state index is 0.512. The zero-order valence-corrected chi connectivity index (χ0v) is 9.86. The highest BCUT2D eigenvalue weighted by atomic mass is 16.5. The summed E-state index contributed by atoms with van der Waals surface area (Å²) in [5, 5.41) is 9.24. The maximum Gasteiger partial charge on any atom is 0.0982 e. The highest BCUT2D eigenvalue weighted by Crippen LogP contribution is 2.58. The van der Waals surface area contributed by atoms with Crippen LogP contribution in [0.4, 0.5) is 0 Å². The molecule has 0 aromatic carbocycles. The third kappa shape index (κ3) is 1.45. The molecule has 0 atom stereocenters. The van der Waals surface area contributed by atoms with Crippen LogP contribution in [0.2, 0.25) is 0 Å². The van der Waals surface area contributed by atoms with Crippen LogP contribution in [-0.4, -0.2) is 7.11 Å². The van der Waals surface area contributed by atoms with Crippen LogP contribution < -0.4 is 0 Å². The number of nitriles is 1. The number of rotatable bonds is 2. The van der Waals surface area contributed by atoms with E-state index in [9.17, 15) is 5.26 Å². The van der Waals surface area contributed by atoms with Crippen molar-refractivity contribution in [2.24, 2.45) is 29.6 Å². The molecule has 4 saturated carbocycles. The zero-order chi connectivity index (χ0) is 11.1. The largest absolute Gasteiger partial charge is 0.503 e. The summed E-state index contributed by atoms with van der Waals surface area (Å²) in [7, 11) is 1.65. The third-order valence-electron chi connectivity index (χ3n) is 4.96. The zero-order valence-electron chi connectivity index (χ0n) is 9.86. The molecule has 4 fully saturated rings. The predicted octanol–water partition coefficient (Wildman–Crippen LogP) is 3.11. The second-order valence-electron chi connectivity index (χ2n) is 5.88. The molecule has 4 bridgehead atoms. The Morgan fingerprint density at radius 1 is 1.12 bits per heavy atom. The van der Waals surface area contributed by atoms with Crippen LogP contribution in [0.15, 0.2) is 11.8 Å². The summed E-state index contributed by atoms with van der Waals surface area (Å²) in [6.45, 7) is 0. The van der Waals surface area contributed by atoms with Crippen molar-refractivity contribution < 1.29 is 4.74 Å². The van der Waals surface area contributed by atoms with Gasteiger partial charge in [-0.25, -0.2) is 0 Å². The molecule has 0 spiro atoms. The van der Waals surface area contributed by atoms with E-state index < -0.39 is 0 Å². The molecule has 0 amide bonds. The molecule has 0 heterocycles. The lowest BCUT2D eigenvalue weighted by Gasteiger charge is -2.54. The molecule has 4 aliphatic rings. The Labute approximate surface area is 97.3 Å². The van der Waals surface area contributed by atoms with E-state index in [1.807, 2.05) is 0 Å². The van der Waals surface area contributed by atoms with E-state index in [-0.39, 0.29) is 0 Å². The first-order chi connectivity index (χ1) is 7.81. The van der Waals surface area contributed by atoms with Gasteiger partial charge in [0.05, 0.1) is 25.0 Å². The van der Waals surface area contributed by atoms with Crippen molar-refractivity contribution >= 4 is 0 Å². The highest BCUT2D eigenvalue weighted by Gasteiger charge is 2.49. The lowest BCUT2D eigenvalue weighted by atomic mass is 9.51. The van der Waals surface area contributed by atoms with E-state index >= 15 is 0 Å². The van der Waals surface area contributed by atoms with Gasteiger partial charge < -0.3 is 4.74 Å². The van der Waals surface area contributed by atoms with E-state index in [2.05, 4.69) is 6.07 Å². The summed E-state index contributed by atoms with van der Waals surface area (Å²) in [6, 6.07) is 2.37. The summed E-state index contributed by atoms with van der Waals surface area (Å²) >= 11 is 0. The lowest BCUT2D eigenvalue weighted by molar-refractivity contribution is -0.0200. The fourth-order valence-electron chi connectivity index (χ4n) is 4.74. The normalized spacial score (nSPS) is 45.5. The van der Waals surface area contributed by atoms with Crippen molar-refractivity contribution in [3.63, 3.8) is 0 Å². The van der Waals surface area contributed by atoms with Gasteiger partial charge in [0.25, 0.3) is 0 Å². The standard InChI is InChI=1S/C14H19NO/c1-16-8-13(7-15)14-11-3-9-2-10(5-11)6-12(14)4-9/h8-12,14H,2-6H2,1H3/b13-8+. The first-order valence-electron chi connectivity index (χ1n) is 6.44. The summed E-state index contributed by atoms with van der Waals surface area (Å²) in [4.78, 5) is 0. The van der Waals surface area contributed by atoms with Crippen LogP contribution in [0.25, 0.3) is 0 Å². The smallest absolute Gasteiger partial charge is 0.0982 e. The predicted molar refractivity (Wildman–Crippen MR) is 61.2 cm³/mol. The van der Waals surface area contributed by atoms with Gasteiger partial charge in [-0.15, -0.1) is 0 Å². The molecule has 0 unspecified atom stereocenters. The quantitative estimate of drug-likeness (QED) is 0.526. The average Bonchev–Trinajstić information content (AvgIpc) is 2.26. The minimum Gasteiger partial charge on any atom is -0.503 e. The molecule has 2 heteroatoms. The van der Waals surface area contributed by atoms with Crippen LogP contribution in [0.5, 0.6) is 0 Å². The van der Waals surface area contributed by atoms with Crippen molar-refractivity contribution in [2.45, 2.75) is 32.1 Å². The van der Waals surface area contributed by atoms with Gasteiger partial charge in [-0.1, -0.05) is 0 Å². The lowest BCUT2D eigenvalue weighted by Crippen LogP contribution is -2.45. The molecule has 0 radical (unpaired) electrons. The molecule has 0 aromatic heterocycles. The number of hydrogen-bond acceptors (Lipinski definition) is 2. The van der Waals surface area contributed by atoms with E-state index in [1.54, 1.807) is 13.4 Å². The van der Waals surface area contributed by atoms with Crippen molar-refractivity contribution in [2.75, 3.05) is 7.11 Å². The fraction of sp³-hybridized carbons (Fsp3) is 0.786. The maximum atomic E-state index is 9.24. The number of ether oxygens (including phenoxy) is 1. The Morgan fingerprint density at radius 3 is 2.12 bits per heavy atom. The monoisotopic (exact) mass is 217 g/mol. The first-order valence-corrected chi connectivity index (χ1v) is 6.44.